The van der Waals surface area contributed by atoms with E-state index in [2.05, 4.69) is 12.1 Å². The first-order valence-corrected chi connectivity index (χ1v) is 6.77. The molecule has 2 aromatic carbocycles. The van der Waals surface area contributed by atoms with Crippen LogP contribution in [-0.2, 0) is 6.16 Å². The van der Waals surface area contributed by atoms with Crippen LogP contribution in [0.4, 0.5) is 5.69 Å². The van der Waals surface area contributed by atoms with Gasteiger partial charge in [-0.2, -0.15) is 0 Å². The first-order valence-electron chi connectivity index (χ1n) is 5.37. The summed E-state index contributed by atoms with van der Waals surface area (Å²) in [7, 11) is 0.138. The quantitative estimate of drug-likeness (QED) is 0.445. The molecule has 1 atom stereocenters. The Hall–Kier alpha value is -1.25. The summed E-state index contributed by atoms with van der Waals surface area (Å²) in [5.74, 6) is 0. The Labute approximate surface area is 118 Å². The van der Waals surface area contributed by atoms with Crippen molar-refractivity contribution < 1.29 is 21.9 Å². The van der Waals surface area contributed by atoms with E-state index in [-0.39, 0.29) is 36.2 Å². The number of hydrogen-bond donors (Lipinski definition) is 0. The summed E-state index contributed by atoms with van der Waals surface area (Å²) in [5.41, 5.74) is 1.48. The molecule has 0 amide bonds. The van der Waals surface area contributed by atoms with E-state index in [1.165, 1.54) is 10.9 Å². The van der Waals surface area contributed by atoms with E-state index in [4.69, 9.17) is 0 Å². The van der Waals surface area contributed by atoms with Crippen molar-refractivity contribution in [3.05, 3.63) is 70.3 Å². The van der Waals surface area contributed by atoms with Crippen molar-refractivity contribution in [2.75, 3.05) is 0 Å². The SMILES string of the molecule is O=[N+]([O-])c1ccc([PH2+]Cc2ccccc2)cc1.[Br-]. The topological polar surface area (TPSA) is 43.1 Å². The Balaban J connectivity index is 0.00000162. The summed E-state index contributed by atoms with van der Waals surface area (Å²) in [6.45, 7) is 0. The van der Waals surface area contributed by atoms with Crippen LogP contribution in [0.25, 0.3) is 0 Å². The van der Waals surface area contributed by atoms with Gasteiger partial charge in [-0.25, -0.2) is 0 Å². The molecule has 2 aromatic rings. The number of benzene rings is 2. The summed E-state index contributed by atoms with van der Waals surface area (Å²) < 4.78 is 0. The van der Waals surface area contributed by atoms with Crippen LogP contribution in [0.3, 0.4) is 0 Å². The number of hydrogen-bond acceptors (Lipinski definition) is 2. The van der Waals surface area contributed by atoms with E-state index in [1.54, 1.807) is 12.1 Å². The van der Waals surface area contributed by atoms with Gasteiger partial charge in [-0.3, -0.25) is 10.1 Å². The molecule has 0 bridgehead atoms. The number of rotatable bonds is 4. The van der Waals surface area contributed by atoms with Crippen molar-refractivity contribution >= 4 is 19.6 Å². The molecular weight excluding hydrogens is 313 g/mol. The van der Waals surface area contributed by atoms with Crippen molar-refractivity contribution in [2.24, 2.45) is 0 Å². The Morgan fingerprint density at radius 3 is 2.17 bits per heavy atom. The summed E-state index contributed by atoms with van der Waals surface area (Å²) >= 11 is 0. The standard InChI is InChI=1S/C13H12NO2P.BrH/c15-14(16)12-6-8-13(9-7-12)17-10-11-4-2-1-3-5-11;/h1-9,17H,10H2;1H. The molecule has 0 saturated heterocycles. The highest BCUT2D eigenvalue weighted by atomic mass is 79.9. The maximum atomic E-state index is 10.5. The van der Waals surface area contributed by atoms with Gasteiger partial charge < -0.3 is 17.0 Å². The molecule has 94 valence electrons. The summed E-state index contributed by atoms with van der Waals surface area (Å²) in [6.07, 6.45) is 1.04. The van der Waals surface area contributed by atoms with Crippen molar-refractivity contribution in [3.63, 3.8) is 0 Å². The fraction of sp³-hybridized carbons (Fsp3) is 0.0769. The zero-order valence-corrected chi connectivity index (χ0v) is 12.4. The molecule has 0 spiro atoms. The summed E-state index contributed by atoms with van der Waals surface area (Å²) in [6, 6.07) is 17.2. The lowest BCUT2D eigenvalue weighted by Crippen LogP contribution is -3.00. The van der Waals surface area contributed by atoms with Crippen molar-refractivity contribution in [3.8, 4) is 0 Å². The third-order valence-electron chi connectivity index (χ3n) is 2.52. The van der Waals surface area contributed by atoms with Crippen LogP contribution in [0, 0.1) is 10.1 Å². The lowest BCUT2D eigenvalue weighted by molar-refractivity contribution is -0.384. The molecule has 5 heteroatoms. The van der Waals surface area contributed by atoms with Crippen LogP contribution in [0.5, 0.6) is 0 Å². The Morgan fingerprint density at radius 2 is 1.61 bits per heavy atom. The van der Waals surface area contributed by atoms with Crippen molar-refractivity contribution in [1.82, 2.24) is 0 Å². The van der Waals surface area contributed by atoms with Gasteiger partial charge in [-0.05, 0) is 17.7 Å². The van der Waals surface area contributed by atoms with Crippen molar-refractivity contribution in [2.45, 2.75) is 6.16 Å². The van der Waals surface area contributed by atoms with Gasteiger partial charge in [0, 0.05) is 20.7 Å². The maximum Gasteiger partial charge on any atom is 0.269 e. The van der Waals surface area contributed by atoms with Gasteiger partial charge in [-0.1, -0.05) is 30.3 Å². The first kappa shape index (κ1) is 14.8. The van der Waals surface area contributed by atoms with E-state index in [1.807, 2.05) is 30.3 Å². The molecule has 0 N–H and O–H groups in total. The largest absolute Gasteiger partial charge is 1.00 e. The van der Waals surface area contributed by atoms with Gasteiger partial charge in [0.2, 0.25) is 0 Å². The lowest BCUT2D eigenvalue weighted by atomic mass is 10.2. The van der Waals surface area contributed by atoms with Crippen LogP contribution in [0.1, 0.15) is 5.56 Å². The zero-order chi connectivity index (χ0) is 12.1. The van der Waals surface area contributed by atoms with E-state index >= 15 is 0 Å². The summed E-state index contributed by atoms with van der Waals surface area (Å²) in [4.78, 5) is 10.1. The van der Waals surface area contributed by atoms with Crippen molar-refractivity contribution in [1.29, 1.82) is 0 Å². The average Bonchev–Trinajstić information content (AvgIpc) is 2.38. The monoisotopic (exact) mass is 325 g/mol. The van der Waals surface area contributed by atoms with Gasteiger partial charge in [0.1, 0.15) is 0 Å². The highest BCUT2D eigenvalue weighted by Crippen LogP contribution is 2.19. The Bertz CT molecular complexity index is 502. The minimum atomic E-state index is -0.365. The molecule has 0 radical (unpaired) electrons. The smallest absolute Gasteiger partial charge is 0.269 e. The number of nitro groups is 1. The number of nitrogens with zero attached hydrogens (tertiary/aromatic N) is 1. The molecule has 0 aliphatic heterocycles. The second-order valence-electron chi connectivity index (χ2n) is 3.74. The molecule has 3 nitrogen and oxygen atoms in total. The highest BCUT2D eigenvalue weighted by molar-refractivity contribution is 7.46. The third kappa shape index (κ3) is 4.21. The molecular formula is C13H13BrNO2P. The number of non-ortho nitro benzene ring substituents is 1. The van der Waals surface area contributed by atoms with Gasteiger partial charge >= 0.3 is 0 Å². The third-order valence-corrected chi connectivity index (χ3v) is 4.05. The predicted octanol–water partition coefficient (Wildman–Crippen LogP) is -0.165. The minimum Gasteiger partial charge on any atom is -1.00 e. The number of halogens is 1. The van der Waals surface area contributed by atoms with Gasteiger partial charge in [0.15, 0.2) is 0 Å². The lowest BCUT2D eigenvalue weighted by Gasteiger charge is -1.96. The number of nitro benzene ring substituents is 1. The fourth-order valence-electron chi connectivity index (χ4n) is 1.58. The van der Waals surface area contributed by atoms with E-state index in [0.29, 0.717) is 0 Å². The second kappa shape index (κ2) is 7.24. The minimum absolute atomic E-state index is 0. The van der Waals surface area contributed by atoms with Crippen LogP contribution in [-0.4, -0.2) is 4.92 Å². The molecule has 0 aromatic heterocycles. The summed E-state index contributed by atoms with van der Waals surface area (Å²) in [5, 5.41) is 11.7. The van der Waals surface area contributed by atoms with E-state index in [9.17, 15) is 10.1 Å². The molecule has 0 heterocycles. The van der Waals surface area contributed by atoms with Crippen LogP contribution in [0.15, 0.2) is 54.6 Å². The predicted molar refractivity (Wildman–Crippen MR) is 72.6 cm³/mol. The molecule has 2 rings (SSSR count). The van der Waals surface area contributed by atoms with Crippen LogP contribution < -0.4 is 22.3 Å². The molecule has 1 unspecified atom stereocenters. The normalized spacial score (nSPS) is 10.2. The maximum absolute atomic E-state index is 10.5. The van der Waals surface area contributed by atoms with E-state index in [0.717, 1.165) is 6.16 Å². The Kier molecular flexibility index (Phi) is 5.96. The second-order valence-corrected chi connectivity index (χ2v) is 5.23. The molecule has 0 saturated carbocycles. The van der Waals surface area contributed by atoms with Crippen LogP contribution in [0.2, 0.25) is 0 Å². The average molecular weight is 326 g/mol. The zero-order valence-electron chi connectivity index (χ0n) is 9.62. The van der Waals surface area contributed by atoms with Crippen LogP contribution >= 0.6 is 8.58 Å². The molecule has 0 aliphatic rings. The molecule has 0 aliphatic carbocycles. The van der Waals surface area contributed by atoms with Gasteiger partial charge in [0.05, 0.1) is 16.4 Å². The first-order chi connectivity index (χ1) is 8.25. The fourth-order valence-corrected chi connectivity index (χ4v) is 2.79. The van der Waals surface area contributed by atoms with Gasteiger partial charge in [-0.15, -0.1) is 0 Å². The Morgan fingerprint density at radius 1 is 1.00 bits per heavy atom. The van der Waals surface area contributed by atoms with Gasteiger partial charge in [0.25, 0.3) is 5.69 Å². The highest BCUT2D eigenvalue weighted by Gasteiger charge is 2.07. The van der Waals surface area contributed by atoms with E-state index < -0.39 is 0 Å². The molecule has 18 heavy (non-hydrogen) atoms. The molecule has 0 fully saturated rings.